The van der Waals surface area contributed by atoms with E-state index < -0.39 is 5.97 Å². The zero-order valence-electron chi connectivity index (χ0n) is 10.6. The second-order valence-corrected chi connectivity index (χ2v) is 4.41. The van der Waals surface area contributed by atoms with Gasteiger partial charge < -0.3 is 9.63 Å². The van der Waals surface area contributed by atoms with Crippen LogP contribution in [0.1, 0.15) is 16.1 Å². The number of halogens is 1. The number of carbonyl (C=O) groups is 1. The Bertz CT molecular complexity index is 823. The number of benzene rings is 2. The van der Waals surface area contributed by atoms with E-state index in [0.29, 0.717) is 16.3 Å². The Labute approximate surface area is 113 Å². The van der Waals surface area contributed by atoms with Gasteiger partial charge in [0.25, 0.3) is 0 Å². The first-order valence-corrected chi connectivity index (χ1v) is 5.97. The maximum Gasteiger partial charge on any atom is 0.341 e. The third-order valence-corrected chi connectivity index (χ3v) is 3.20. The number of fused-ring (bicyclic) bond motifs is 1. The standard InChI is InChI=1S/C15H10FNO3/c1-8-13(15(18)19)14(17-20-8)11-6-7-12(16)10-5-3-2-4-9(10)11/h2-7H,1H3,(H,18,19). The molecule has 3 aromatic rings. The molecule has 1 aromatic heterocycles. The molecule has 0 unspecified atom stereocenters. The van der Waals surface area contributed by atoms with Crippen LogP contribution in [0, 0.1) is 12.7 Å². The number of hydrogen-bond donors (Lipinski definition) is 1. The minimum atomic E-state index is -1.12. The molecule has 0 aliphatic rings. The highest BCUT2D eigenvalue weighted by atomic mass is 19.1. The highest BCUT2D eigenvalue weighted by molar-refractivity contribution is 6.02. The highest BCUT2D eigenvalue weighted by Gasteiger charge is 2.22. The van der Waals surface area contributed by atoms with Gasteiger partial charge in [-0.25, -0.2) is 9.18 Å². The topological polar surface area (TPSA) is 63.3 Å². The predicted octanol–water partition coefficient (Wildman–Crippen LogP) is 3.64. The number of hydrogen-bond acceptors (Lipinski definition) is 3. The summed E-state index contributed by atoms with van der Waals surface area (Å²) < 4.78 is 18.8. The zero-order valence-corrected chi connectivity index (χ0v) is 10.6. The molecule has 0 aliphatic heterocycles. The molecular weight excluding hydrogens is 261 g/mol. The molecule has 2 aromatic carbocycles. The van der Waals surface area contributed by atoms with E-state index in [0.717, 1.165) is 0 Å². The van der Waals surface area contributed by atoms with Gasteiger partial charge in [0, 0.05) is 10.9 Å². The molecule has 0 saturated carbocycles. The van der Waals surface area contributed by atoms with E-state index >= 15 is 0 Å². The SMILES string of the molecule is Cc1onc(-c2ccc(F)c3ccccc23)c1C(=O)O. The number of aromatic carboxylic acids is 1. The Morgan fingerprint density at radius 1 is 1.20 bits per heavy atom. The van der Waals surface area contributed by atoms with Crippen LogP contribution in [0.2, 0.25) is 0 Å². The van der Waals surface area contributed by atoms with Gasteiger partial charge in [-0.1, -0.05) is 29.4 Å². The van der Waals surface area contributed by atoms with Gasteiger partial charge in [0.15, 0.2) is 0 Å². The Kier molecular flexibility index (Phi) is 2.75. The second kappa shape index (κ2) is 4.45. The van der Waals surface area contributed by atoms with E-state index in [1.807, 2.05) is 0 Å². The molecule has 20 heavy (non-hydrogen) atoms. The quantitative estimate of drug-likeness (QED) is 0.772. The smallest absolute Gasteiger partial charge is 0.341 e. The lowest BCUT2D eigenvalue weighted by atomic mass is 9.99. The lowest BCUT2D eigenvalue weighted by molar-refractivity contribution is 0.0696. The molecule has 1 N–H and O–H groups in total. The van der Waals surface area contributed by atoms with Gasteiger partial charge >= 0.3 is 5.97 Å². The minimum Gasteiger partial charge on any atom is -0.477 e. The molecule has 3 rings (SSSR count). The summed E-state index contributed by atoms with van der Waals surface area (Å²) in [4.78, 5) is 11.3. The van der Waals surface area contributed by atoms with Crippen LogP contribution in [0.5, 0.6) is 0 Å². The predicted molar refractivity (Wildman–Crippen MR) is 71.1 cm³/mol. The number of nitrogens with zero attached hydrogens (tertiary/aromatic N) is 1. The first-order chi connectivity index (χ1) is 9.59. The van der Waals surface area contributed by atoms with E-state index in [9.17, 15) is 14.3 Å². The summed E-state index contributed by atoms with van der Waals surface area (Å²) in [7, 11) is 0. The molecule has 0 amide bonds. The van der Waals surface area contributed by atoms with Crippen molar-refractivity contribution in [2.24, 2.45) is 0 Å². The number of rotatable bonds is 2. The van der Waals surface area contributed by atoms with Gasteiger partial charge in [-0.15, -0.1) is 0 Å². The van der Waals surface area contributed by atoms with Crippen LogP contribution in [0.25, 0.3) is 22.0 Å². The van der Waals surface area contributed by atoms with Crippen molar-refractivity contribution in [2.45, 2.75) is 6.92 Å². The van der Waals surface area contributed by atoms with Crippen LogP contribution in [-0.2, 0) is 0 Å². The fraction of sp³-hybridized carbons (Fsp3) is 0.0667. The third kappa shape index (κ3) is 1.75. The lowest BCUT2D eigenvalue weighted by Gasteiger charge is -2.05. The van der Waals surface area contributed by atoms with Crippen molar-refractivity contribution >= 4 is 16.7 Å². The van der Waals surface area contributed by atoms with Crippen LogP contribution < -0.4 is 0 Å². The van der Waals surface area contributed by atoms with Crippen LogP contribution in [0.4, 0.5) is 4.39 Å². The highest BCUT2D eigenvalue weighted by Crippen LogP contribution is 2.32. The summed E-state index contributed by atoms with van der Waals surface area (Å²) in [5, 5.41) is 14.1. The zero-order chi connectivity index (χ0) is 14.3. The van der Waals surface area contributed by atoms with Gasteiger partial charge in [0.05, 0.1) is 0 Å². The molecule has 0 aliphatic carbocycles. The number of aromatic nitrogens is 1. The Morgan fingerprint density at radius 2 is 1.90 bits per heavy atom. The molecule has 0 fully saturated rings. The normalized spacial score (nSPS) is 10.9. The van der Waals surface area contributed by atoms with Crippen LogP contribution in [-0.4, -0.2) is 16.2 Å². The molecule has 0 spiro atoms. The van der Waals surface area contributed by atoms with Crippen molar-refractivity contribution in [1.82, 2.24) is 5.16 Å². The van der Waals surface area contributed by atoms with Crippen molar-refractivity contribution in [3.05, 3.63) is 53.5 Å². The monoisotopic (exact) mass is 271 g/mol. The summed E-state index contributed by atoms with van der Waals surface area (Å²) in [6.07, 6.45) is 0. The Hall–Kier alpha value is -2.69. The van der Waals surface area contributed by atoms with Crippen molar-refractivity contribution in [3.8, 4) is 11.3 Å². The van der Waals surface area contributed by atoms with Gasteiger partial charge in [-0.05, 0) is 24.4 Å². The molecule has 0 radical (unpaired) electrons. The number of carboxylic acids is 1. The van der Waals surface area contributed by atoms with Gasteiger partial charge in [-0.2, -0.15) is 0 Å². The average molecular weight is 271 g/mol. The van der Waals surface area contributed by atoms with E-state index in [4.69, 9.17) is 4.52 Å². The van der Waals surface area contributed by atoms with E-state index in [-0.39, 0.29) is 22.8 Å². The largest absolute Gasteiger partial charge is 0.477 e. The second-order valence-electron chi connectivity index (χ2n) is 4.41. The maximum absolute atomic E-state index is 13.8. The van der Waals surface area contributed by atoms with Crippen molar-refractivity contribution in [1.29, 1.82) is 0 Å². The van der Waals surface area contributed by atoms with Crippen LogP contribution >= 0.6 is 0 Å². The summed E-state index contributed by atoms with van der Waals surface area (Å²) in [5.41, 5.74) is 0.754. The fourth-order valence-corrected chi connectivity index (χ4v) is 2.28. The van der Waals surface area contributed by atoms with Crippen molar-refractivity contribution in [3.63, 3.8) is 0 Å². The molecule has 100 valence electrons. The summed E-state index contributed by atoms with van der Waals surface area (Å²) in [6, 6.07) is 9.67. The van der Waals surface area contributed by atoms with Gasteiger partial charge in [-0.3, -0.25) is 0 Å². The molecular formula is C15H10FNO3. The molecule has 0 bridgehead atoms. The summed E-state index contributed by atoms with van der Waals surface area (Å²) in [6.45, 7) is 1.53. The average Bonchev–Trinajstić information content (AvgIpc) is 2.81. The molecule has 5 heteroatoms. The number of carboxylic acid groups (broad SMARTS) is 1. The summed E-state index contributed by atoms with van der Waals surface area (Å²) >= 11 is 0. The maximum atomic E-state index is 13.8. The Morgan fingerprint density at radius 3 is 2.60 bits per heavy atom. The van der Waals surface area contributed by atoms with E-state index in [2.05, 4.69) is 5.16 Å². The van der Waals surface area contributed by atoms with Crippen molar-refractivity contribution < 1.29 is 18.8 Å². The first-order valence-electron chi connectivity index (χ1n) is 5.97. The molecule has 0 saturated heterocycles. The van der Waals surface area contributed by atoms with Crippen LogP contribution in [0.15, 0.2) is 40.9 Å². The fourth-order valence-electron chi connectivity index (χ4n) is 2.28. The van der Waals surface area contributed by atoms with E-state index in [1.54, 1.807) is 24.3 Å². The molecule has 0 atom stereocenters. The molecule has 4 nitrogen and oxygen atoms in total. The van der Waals surface area contributed by atoms with E-state index in [1.165, 1.54) is 19.1 Å². The first kappa shape index (κ1) is 12.3. The minimum absolute atomic E-state index is 0.00163. The lowest BCUT2D eigenvalue weighted by Crippen LogP contribution is -1.99. The number of aryl methyl sites for hydroxylation is 1. The Balaban J connectivity index is 2.37. The third-order valence-electron chi connectivity index (χ3n) is 3.20. The van der Waals surface area contributed by atoms with Gasteiger partial charge in [0.2, 0.25) is 0 Å². The van der Waals surface area contributed by atoms with Crippen molar-refractivity contribution in [2.75, 3.05) is 0 Å². The van der Waals surface area contributed by atoms with Gasteiger partial charge in [0.1, 0.15) is 22.8 Å². The van der Waals surface area contributed by atoms with Crippen LogP contribution in [0.3, 0.4) is 0 Å². The summed E-state index contributed by atoms with van der Waals surface area (Å²) in [5.74, 6) is -1.26. The molecule has 1 heterocycles.